The van der Waals surface area contributed by atoms with Gasteiger partial charge in [-0.15, -0.1) is 11.3 Å². The van der Waals surface area contributed by atoms with Crippen LogP contribution in [0, 0.1) is 6.92 Å². The van der Waals surface area contributed by atoms with E-state index in [2.05, 4.69) is 15.1 Å². The summed E-state index contributed by atoms with van der Waals surface area (Å²) in [6, 6.07) is 8.08. The highest BCUT2D eigenvalue weighted by molar-refractivity contribution is 7.13. The Bertz CT molecular complexity index is 1210. The molecule has 0 aliphatic heterocycles. The van der Waals surface area contributed by atoms with Crippen molar-refractivity contribution >= 4 is 28.3 Å². The van der Waals surface area contributed by atoms with Crippen LogP contribution in [0.2, 0.25) is 0 Å². The van der Waals surface area contributed by atoms with E-state index in [1.165, 1.54) is 38.7 Å². The third-order valence-corrected chi connectivity index (χ3v) is 5.19. The molecule has 0 saturated heterocycles. The Kier molecular flexibility index (Phi) is 4.74. The summed E-state index contributed by atoms with van der Waals surface area (Å²) in [6.45, 7) is 1.87. The lowest BCUT2D eigenvalue weighted by Crippen LogP contribution is -2.25. The summed E-state index contributed by atoms with van der Waals surface area (Å²) in [6.07, 6.45) is 2.76. The zero-order valence-corrected chi connectivity index (χ0v) is 16.1. The predicted octanol–water partition coefficient (Wildman–Crippen LogP) is 2.31. The van der Waals surface area contributed by atoms with Crippen molar-refractivity contribution in [3.8, 4) is 10.6 Å². The van der Waals surface area contributed by atoms with E-state index < -0.39 is 5.97 Å². The van der Waals surface area contributed by atoms with Gasteiger partial charge in [-0.1, -0.05) is 29.8 Å². The van der Waals surface area contributed by atoms with Crippen molar-refractivity contribution in [3.05, 3.63) is 63.8 Å². The van der Waals surface area contributed by atoms with Gasteiger partial charge >= 0.3 is 5.97 Å². The average Bonchev–Trinajstić information content (AvgIpc) is 3.30. The topological polar surface area (TPSA) is 91.9 Å². The number of ether oxygens (including phenoxy) is 1. The smallest absolute Gasteiger partial charge is 0.326 e. The fourth-order valence-electron chi connectivity index (χ4n) is 2.72. The number of esters is 1. The molecule has 8 nitrogen and oxygen atoms in total. The Morgan fingerprint density at radius 2 is 2.04 bits per heavy atom. The van der Waals surface area contributed by atoms with Crippen molar-refractivity contribution in [1.29, 1.82) is 0 Å². The summed E-state index contributed by atoms with van der Waals surface area (Å²) >= 11 is 1.49. The summed E-state index contributed by atoms with van der Waals surface area (Å²) in [4.78, 5) is 33.2. The maximum absolute atomic E-state index is 12.4. The summed E-state index contributed by atoms with van der Waals surface area (Å²) < 4.78 is 7.99. The Morgan fingerprint density at radius 3 is 2.82 bits per heavy atom. The van der Waals surface area contributed by atoms with E-state index in [4.69, 9.17) is 4.74 Å². The van der Waals surface area contributed by atoms with Crippen LogP contribution in [0.5, 0.6) is 0 Å². The Morgan fingerprint density at radius 1 is 1.25 bits per heavy atom. The van der Waals surface area contributed by atoms with Gasteiger partial charge in [0.05, 0.1) is 11.9 Å². The number of fused-ring (bicyclic) bond motifs is 1. The lowest BCUT2D eigenvalue weighted by molar-refractivity contribution is -0.145. The highest BCUT2D eigenvalue weighted by Crippen LogP contribution is 2.24. The number of benzene rings is 1. The number of hydrogen-bond donors (Lipinski definition) is 0. The first-order chi connectivity index (χ1) is 13.5. The number of aryl methyl sites for hydroxylation is 2. The van der Waals surface area contributed by atoms with Gasteiger partial charge in [0, 0.05) is 18.0 Å². The maximum atomic E-state index is 12.4. The van der Waals surface area contributed by atoms with Gasteiger partial charge in [-0.3, -0.25) is 18.8 Å². The molecular weight excluding hydrogens is 378 g/mol. The molecule has 0 bridgehead atoms. The number of rotatable bonds is 5. The molecule has 1 aromatic carbocycles. The summed E-state index contributed by atoms with van der Waals surface area (Å²) in [5.41, 5.74) is 3.02. The quantitative estimate of drug-likeness (QED) is 0.482. The number of nitrogens with zero attached hydrogens (tertiary/aromatic N) is 5. The van der Waals surface area contributed by atoms with Crippen LogP contribution in [0.1, 0.15) is 11.3 Å². The Hall–Kier alpha value is -3.33. The molecule has 0 N–H and O–H groups in total. The fourth-order valence-corrected chi connectivity index (χ4v) is 3.53. The molecule has 0 radical (unpaired) electrons. The molecule has 0 spiro atoms. The first kappa shape index (κ1) is 18.1. The molecule has 142 valence electrons. The summed E-state index contributed by atoms with van der Waals surface area (Å²) in [5.74, 6) is -0.531. The highest BCUT2D eigenvalue weighted by Gasteiger charge is 2.12. The molecule has 4 aromatic rings. The maximum Gasteiger partial charge on any atom is 0.326 e. The monoisotopic (exact) mass is 395 g/mol. The van der Waals surface area contributed by atoms with Crippen LogP contribution < -0.4 is 5.56 Å². The fraction of sp³-hybridized carbons (Fsp3) is 0.211. The molecule has 0 saturated carbocycles. The van der Waals surface area contributed by atoms with E-state index in [0.717, 1.165) is 10.6 Å². The predicted molar refractivity (Wildman–Crippen MR) is 105 cm³/mol. The Balaban J connectivity index is 1.40. The van der Waals surface area contributed by atoms with Crippen LogP contribution in [0.25, 0.3) is 21.6 Å². The third kappa shape index (κ3) is 3.56. The number of hydrogen-bond acceptors (Lipinski definition) is 7. The molecule has 0 atom stereocenters. The van der Waals surface area contributed by atoms with Crippen molar-refractivity contribution in [2.45, 2.75) is 20.1 Å². The van der Waals surface area contributed by atoms with E-state index >= 15 is 0 Å². The first-order valence-corrected chi connectivity index (χ1v) is 9.43. The number of aromatic nitrogens is 5. The first-order valence-electron chi connectivity index (χ1n) is 8.55. The lowest BCUT2D eigenvalue weighted by Gasteiger charge is -2.05. The van der Waals surface area contributed by atoms with E-state index in [1.54, 1.807) is 7.05 Å². The van der Waals surface area contributed by atoms with Gasteiger partial charge in [-0.25, -0.2) is 9.97 Å². The van der Waals surface area contributed by atoms with Crippen molar-refractivity contribution in [3.63, 3.8) is 0 Å². The van der Waals surface area contributed by atoms with Crippen molar-refractivity contribution in [2.75, 3.05) is 0 Å². The minimum atomic E-state index is -0.531. The van der Waals surface area contributed by atoms with Crippen molar-refractivity contribution in [2.24, 2.45) is 7.05 Å². The van der Waals surface area contributed by atoms with Crippen LogP contribution >= 0.6 is 11.3 Å². The SMILES string of the molecule is Cc1ccc(-c2nc(COC(=O)Cn3cnc4c(cnn4C)c3=O)cs2)cc1. The van der Waals surface area contributed by atoms with E-state index in [9.17, 15) is 9.59 Å². The number of carbonyl (C=O) groups excluding carboxylic acids is 1. The molecule has 3 heterocycles. The van der Waals surface area contributed by atoms with Crippen LogP contribution in [-0.2, 0) is 29.7 Å². The van der Waals surface area contributed by atoms with Gasteiger partial charge in [-0.2, -0.15) is 5.10 Å². The minimum Gasteiger partial charge on any atom is -0.458 e. The molecule has 28 heavy (non-hydrogen) atoms. The second-order valence-electron chi connectivity index (χ2n) is 6.35. The normalized spacial score (nSPS) is 11.1. The van der Waals surface area contributed by atoms with E-state index in [1.807, 2.05) is 36.6 Å². The number of thiazole rings is 1. The molecule has 0 aliphatic rings. The standard InChI is InChI=1S/C19H17N5O3S/c1-12-3-5-13(6-4-12)18-22-14(10-28-18)9-27-16(25)8-24-11-20-17-15(19(24)26)7-21-23(17)2/h3-7,10-11H,8-9H2,1-2H3. The van der Waals surface area contributed by atoms with Crippen LogP contribution in [0.3, 0.4) is 0 Å². The van der Waals surface area contributed by atoms with Gasteiger partial charge in [0.1, 0.15) is 29.9 Å². The second-order valence-corrected chi connectivity index (χ2v) is 7.21. The van der Waals surface area contributed by atoms with E-state index in [-0.39, 0.29) is 18.7 Å². The molecule has 0 unspecified atom stereocenters. The van der Waals surface area contributed by atoms with Crippen LogP contribution in [0.15, 0.2) is 47.0 Å². The average molecular weight is 395 g/mol. The molecule has 4 rings (SSSR count). The second kappa shape index (κ2) is 7.35. The molecule has 0 aliphatic carbocycles. The van der Waals surface area contributed by atoms with Crippen molar-refractivity contribution in [1.82, 2.24) is 24.3 Å². The third-order valence-electron chi connectivity index (χ3n) is 4.25. The summed E-state index contributed by atoms with van der Waals surface area (Å²) in [5, 5.41) is 7.09. The van der Waals surface area contributed by atoms with Gasteiger partial charge in [0.25, 0.3) is 5.56 Å². The number of carbonyl (C=O) groups is 1. The summed E-state index contributed by atoms with van der Waals surface area (Å²) in [7, 11) is 1.70. The van der Waals surface area contributed by atoms with E-state index in [0.29, 0.717) is 16.7 Å². The molecule has 9 heteroatoms. The van der Waals surface area contributed by atoms with Gasteiger partial charge < -0.3 is 4.74 Å². The molecule has 0 amide bonds. The molecule has 0 fully saturated rings. The van der Waals surface area contributed by atoms with Gasteiger partial charge in [-0.05, 0) is 6.92 Å². The largest absolute Gasteiger partial charge is 0.458 e. The minimum absolute atomic E-state index is 0.0541. The van der Waals surface area contributed by atoms with Crippen LogP contribution in [-0.4, -0.2) is 30.3 Å². The molecular formula is C19H17N5O3S. The highest BCUT2D eigenvalue weighted by atomic mass is 32.1. The lowest BCUT2D eigenvalue weighted by atomic mass is 10.2. The zero-order valence-electron chi connectivity index (χ0n) is 15.3. The molecule has 3 aromatic heterocycles. The van der Waals surface area contributed by atoms with Crippen LogP contribution in [0.4, 0.5) is 0 Å². The zero-order chi connectivity index (χ0) is 19.7. The Labute approximate surface area is 164 Å². The van der Waals surface area contributed by atoms with Crippen molar-refractivity contribution < 1.29 is 9.53 Å². The van der Waals surface area contributed by atoms with Gasteiger partial charge in [0.15, 0.2) is 5.65 Å². The van der Waals surface area contributed by atoms with Gasteiger partial charge in [0.2, 0.25) is 0 Å².